The zero-order valence-corrected chi connectivity index (χ0v) is 15.2. The Bertz CT molecular complexity index is 954. The van der Waals surface area contributed by atoms with Crippen LogP contribution in [-0.2, 0) is 0 Å². The van der Waals surface area contributed by atoms with Gasteiger partial charge in [0.05, 0.1) is 12.2 Å². The van der Waals surface area contributed by atoms with E-state index in [9.17, 15) is 9.18 Å². The minimum absolute atomic E-state index is 0. The molecule has 0 saturated carbocycles. The molecule has 0 saturated heterocycles. The van der Waals surface area contributed by atoms with Gasteiger partial charge in [-0.1, -0.05) is 0 Å². The lowest BCUT2D eigenvalue weighted by molar-refractivity contribution is 0.0954. The van der Waals surface area contributed by atoms with Crippen molar-refractivity contribution in [2.24, 2.45) is 0 Å². The Morgan fingerprint density at radius 1 is 1.19 bits per heavy atom. The third-order valence-electron chi connectivity index (χ3n) is 4.45. The number of aromatic nitrogens is 3. The van der Waals surface area contributed by atoms with Gasteiger partial charge in [0.1, 0.15) is 11.5 Å². The maximum absolute atomic E-state index is 13.2. The van der Waals surface area contributed by atoms with Gasteiger partial charge in [0.2, 0.25) is 0 Å². The lowest BCUT2D eigenvalue weighted by Gasteiger charge is -2.32. The van der Waals surface area contributed by atoms with Crippen LogP contribution in [0.25, 0.3) is 11.1 Å². The van der Waals surface area contributed by atoms with Crippen molar-refractivity contribution in [3.8, 4) is 11.1 Å². The van der Waals surface area contributed by atoms with Crippen LogP contribution in [0.15, 0.2) is 48.8 Å². The van der Waals surface area contributed by atoms with Crippen molar-refractivity contribution in [2.45, 2.75) is 19.9 Å². The van der Waals surface area contributed by atoms with E-state index in [1.54, 1.807) is 34.1 Å². The molecule has 1 amide bonds. The Morgan fingerprint density at radius 2 is 1.92 bits per heavy atom. The monoisotopic (exact) mass is 372 g/mol. The van der Waals surface area contributed by atoms with Crippen LogP contribution in [0.5, 0.6) is 0 Å². The van der Waals surface area contributed by atoms with E-state index in [0.29, 0.717) is 17.9 Å². The largest absolute Gasteiger partial charge is 0.305 e. The van der Waals surface area contributed by atoms with Gasteiger partial charge in [-0.05, 0) is 55.8 Å². The number of amides is 1. The second-order valence-electron chi connectivity index (χ2n) is 6.28. The van der Waals surface area contributed by atoms with Crippen LogP contribution in [0.3, 0.4) is 0 Å². The minimum atomic E-state index is -0.320. The molecule has 0 fully saturated rings. The highest BCUT2D eigenvalue weighted by molar-refractivity contribution is 6.09. The zero-order valence-electron chi connectivity index (χ0n) is 14.4. The fourth-order valence-corrected chi connectivity index (χ4v) is 3.23. The molecule has 4 rings (SSSR count). The molecular formula is C19H18ClFN4O. The Hall–Kier alpha value is -2.73. The number of nitrogens with zero attached hydrogens (tertiary/aromatic N) is 4. The van der Waals surface area contributed by atoms with Crippen LogP contribution in [0.1, 0.15) is 29.1 Å². The highest BCUT2D eigenvalue weighted by Crippen LogP contribution is 2.32. The normalized spacial score (nSPS) is 16.2. The minimum Gasteiger partial charge on any atom is -0.305 e. The van der Waals surface area contributed by atoms with E-state index in [4.69, 9.17) is 0 Å². The van der Waals surface area contributed by atoms with Crippen LogP contribution in [0.2, 0.25) is 0 Å². The average molecular weight is 373 g/mol. The molecule has 2 aromatic heterocycles. The van der Waals surface area contributed by atoms with Crippen LogP contribution in [0.4, 0.5) is 10.1 Å². The molecule has 3 aromatic rings. The Labute approximate surface area is 156 Å². The predicted octanol–water partition coefficient (Wildman–Crippen LogP) is 4.04. The summed E-state index contributed by atoms with van der Waals surface area (Å²) in [5.41, 5.74) is 3.81. The molecule has 1 aliphatic rings. The molecule has 0 radical (unpaired) electrons. The first-order valence-corrected chi connectivity index (χ1v) is 8.12. The molecule has 0 spiro atoms. The molecule has 1 unspecified atom stereocenters. The molecule has 1 atom stereocenters. The maximum Gasteiger partial charge on any atom is 0.277 e. The number of carbonyl (C=O) groups is 1. The highest BCUT2D eigenvalue weighted by atomic mass is 35.5. The van der Waals surface area contributed by atoms with Crippen molar-refractivity contribution < 1.29 is 9.18 Å². The lowest BCUT2D eigenvalue weighted by Crippen LogP contribution is -2.42. The molecule has 7 heteroatoms. The Kier molecular flexibility index (Phi) is 4.78. The van der Waals surface area contributed by atoms with Crippen molar-refractivity contribution in [2.75, 3.05) is 11.4 Å². The number of hydrogen-bond donors (Lipinski definition) is 0. The summed E-state index contributed by atoms with van der Waals surface area (Å²) in [5, 5.41) is 4.43. The summed E-state index contributed by atoms with van der Waals surface area (Å²) in [6, 6.07) is 9.82. The fraction of sp³-hybridized carbons (Fsp3) is 0.211. The van der Waals surface area contributed by atoms with Crippen LogP contribution >= 0.6 is 12.4 Å². The highest BCUT2D eigenvalue weighted by Gasteiger charge is 2.33. The van der Waals surface area contributed by atoms with E-state index in [1.807, 2.05) is 26.0 Å². The van der Waals surface area contributed by atoms with Crippen LogP contribution < -0.4 is 4.90 Å². The van der Waals surface area contributed by atoms with Gasteiger partial charge < -0.3 is 4.90 Å². The fourth-order valence-electron chi connectivity index (χ4n) is 3.23. The molecule has 1 aliphatic heterocycles. The first kappa shape index (κ1) is 18.1. The Balaban J connectivity index is 0.00000196. The average Bonchev–Trinajstić information content (AvgIpc) is 3.05. The van der Waals surface area contributed by atoms with Gasteiger partial charge in [-0.15, -0.1) is 12.4 Å². The van der Waals surface area contributed by atoms with Crippen LogP contribution in [0, 0.1) is 12.7 Å². The van der Waals surface area contributed by atoms with Gasteiger partial charge in [-0.25, -0.2) is 4.39 Å². The molecule has 3 heterocycles. The second-order valence-corrected chi connectivity index (χ2v) is 6.28. The van der Waals surface area contributed by atoms with E-state index in [-0.39, 0.29) is 30.2 Å². The Morgan fingerprint density at radius 3 is 2.62 bits per heavy atom. The van der Waals surface area contributed by atoms with Crippen molar-refractivity contribution in [1.29, 1.82) is 0 Å². The van der Waals surface area contributed by atoms with Gasteiger partial charge in [-0.3, -0.25) is 14.5 Å². The first-order valence-electron chi connectivity index (χ1n) is 8.12. The van der Waals surface area contributed by atoms with Crippen LogP contribution in [-0.4, -0.2) is 27.2 Å². The first-order chi connectivity index (χ1) is 12.0. The van der Waals surface area contributed by atoms with Gasteiger partial charge in [0.25, 0.3) is 5.91 Å². The number of pyridine rings is 1. The molecule has 26 heavy (non-hydrogen) atoms. The number of fused-ring (bicyclic) bond motifs is 1. The summed E-state index contributed by atoms with van der Waals surface area (Å²) in [5.74, 6) is -0.453. The number of anilines is 1. The number of halogens is 2. The number of rotatable bonds is 2. The van der Waals surface area contributed by atoms with Crippen molar-refractivity contribution in [3.05, 3.63) is 66.0 Å². The van der Waals surface area contributed by atoms with Crippen molar-refractivity contribution >= 4 is 24.0 Å². The quantitative estimate of drug-likeness (QED) is 0.682. The van der Waals surface area contributed by atoms with E-state index >= 15 is 0 Å². The predicted molar refractivity (Wildman–Crippen MR) is 100 cm³/mol. The van der Waals surface area contributed by atoms with Gasteiger partial charge >= 0.3 is 0 Å². The van der Waals surface area contributed by atoms with Gasteiger partial charge in [-0.2, -0.15) is 5.10 Å². The third-order valence-corrected chi connectivity index (χ3v) is 4.45. The molecular weight excluding hydrogens is 355 g/mol. The summed E-state index contributed by atoms with van der Waals surface area (Å²) in [6.45, 7) is 4.42. The maximum atomic E-state index is 13.2. The SMILES string of the molecule is Cc1cc(-c2cnn3c2C(=O)N(c2ccc(F)cc2)CC3C)ccn1.Cl. The summed E-state index contributed by atoms with van der Waals surface area (Å²) in [4.78, 5) is 19.0. The molecule has 0 aliphatic carbocycles. The zero-order chi connectivity index (χ0) is 17.6. The number of aryl methyl sites for hydroxylation is 1. The molecule has 0 N–H and O–H groups in total. The van der Waals surface area contributed by atoms with Crippen molar-refractivity contribution in [1.82, 2.24) is 14.8 Å². The number of carbonyl (C=O) groups excluding carboxylic acids is 1. The van der Waals surface area contributed by atoms with Gasteiger partial charge in [0, 0.05) is 29.7 Å². The standard InChI is InChI=1S/C19H17FN4O.ClH/c1-12-9-14(7-8-21-12)17-10-22-24-13(2)11-23(19(25)18(17)24)16-5-3-15(20)4-6-16;/h3-10,13H,11H2,1-2H3;1H. The second kappa shape index (κ2) is 6.88. The lowest BCUT2D eigenvalue weighted by atomic mass is 10.0. The molecule has 0 bridgehead atoms. The molecule has 134 valence electrons. The molecule has 1 aromatic carbocycles. The summed E-state index contributed by atoms with van der Waals surface area (Å²) < 4.78 is 15.0. The van der Waals surface area contributed by atoms with E-state index in [2.05, 4.69) is 10.1 Å². The van der Waals surface area contributed by atoms with Crippen molar-refractivity contribution in [3.63, 3.8) is 0 Å². The number of benzene rings is 1. The summed E-state index contributed by atoms with van der Waals surface area (Å²) in [6.07, 6.45) is 3.45. The topological polar surface area (TPSA) is 51.0 Å². The summed E-state index contributed by atoms with van der Waals surface area (Å²) >= 11 is 0. The smallest absolute Gasteiger partial charge is 0.277 e. The van der Waals surface area contributed by atoms with E-state index < -0.39 is 0 Å². The van der Waals surface area contributed by atoms with E-state index in [0.717, 1.165) is 16.8 Å². The summed E-state index contributed by atoms with van der Waals surface area (Å²) in [7, 11) is 0. The number of hydrogen-bond acceptors (Lipinski definition) is 3. The third kappa shape index (κ3) is 2.97. The van der Waals surface area contributed by atoms with E-state index in [1.165, 1.54) is 12.1 Å². The van der Waals surface area contributed by atoms with Gasteiger partial charge in [0.15, 0.2) is 0 Å². The molecule has 5 nitrogen and oxygen atoms in total.